The minimum Gasteiger partial charge on any atom is -0.444 e. The number of piperidine rings is 1. The summed E-state index contributed by atoms with van der Waals surface area (Å²) in [6.07, 6.45) is 3.22. The highest BCUT2D eigenvalue weighted by Gasteiger charge is 2.31. The van der Waals surface area contributed by atoms with Gasteiger partial charge in [-0.2, -0.15) is 18.3 Å². The number of likely N-dealkylation sites (tertiary alicyclic amines) is 1. The molecule has 1 aliphatic rings. The fourth-order valence-corrected chi connectivity index (χ4v) is 5.83. The number of alkyl halides is 3. The van der Waals surface area contributed by atoms with Crippen LogP contribution in [0.1, 0.15) is 86.6 Å². The number of aromatic nitrogens is 3. The first-order valence-electron chi connectivity index (χ1n) is 16.4. The number of benzene rings is 2. The van der Waals surface area contributed by atoms with Crippen molar-refractivity contribution in [2.75, 3.05) is 13.1 Å². The topological polar surface area (TPSA) is 118 Å². The minimum atomic E-state index is -4.55. The average molecular weight is 691 g/mol. The van der Waals surface area contributed by atoms with Crippen molar-refractivity contribution >= 4 is 17.9 Å². The van der Waals surface area contributed by atoms with Crippen LogP contribution in [0, 0.1) is 0 Å². The molecule has 13 heteroatoms. The molecule has 50 heavy (non-hydrogen) atoms. The van der Waals surface area contributed by atoms with Gasteiger partial charge in [0.25, 0.3) is 5.91 Å². The molecule has 1 aliphatic heterocycles. The lowest BCUT2D eigenvalue weighted by molar-refractivity contribution is -0.137. The molecule has 0 aliphatic carbocycles. The lowest BCUT2D eigenvalue weighted by Crippen LogP contribution is -2.37. The first-order chi connectivity index (χ1) is 23.6. The summed E-state index contributed by atoms with van der Waals surface area (Å²) in [4.78, 5) is 43.3. The second-order valence-electron chi connectivity index (χ2n) is 13.5. The number of carbonyl (C=O) groups is 3. The van der Waals surface area contributed by atoms with Crippen LogP contribution < -0.4 is 10.6 Å². The molecule has 5 rings (SSSR count). The lowest BCUT2D eigenvalue weighted by atomic mass is 9.95. The van der Waals surface area contributed by atoms with Crippen LogP contribution in [0.25, 0.3) is 22.3 Å². The Morgan fingerprint density at radius 1 is 0.940 bits per heavy atom. The Morgan fingerprint density at radius 2 is 1.64 bits per heavy atom. The molecule has 3 amide bonds. The Morgan fingerprint density at radius 3 is 2.28 bits per heavy atom. The van der Waals surface area contributed by atoms with E-state index >= 15 is 0 Å². The molecule has 264 valence electrons. The van der Waals surface area contributed by atoms with E-state index in [1.165, 1.54) is 12.3 Å². The SMILES string of the molecule is CC(=O)N1CCC(n2cc(-c3cncc(C(=O)N[C@H](C)c4ccc(-c5cc(C(F)(F)F)ccc5CNC(=O)OC(C)(C)C)cc4)c3)cn2)CC1. The fourth-order valence-electron chi connectivity index (χ4n) is 5.83. The molecular weight excluding hydrogens is 649 g/mol. The molecule has 2 aromatic heterocycles. The fraction of sp³-hybridized carbons (Fsp3) is 0.378. The highest BCUT2D eigenvalue weighted by molar-refractivity contribution is 5.95. The number of pyridine rings is 1. The van der Waals surface area contributed by atoms with Crippen LogP contribution in [0.5, 0.6) is 0 Å². The van der Waals surface area contributed by atoms with Gasteiger partial charge in [-0.05, 0) is 81.0 Å². The second kappa shape index (κ2) is 14.7. The number of alkyl carbamates (subject to hydrolysis) is 1. The van der Waals surface area contributed by atoms with Crippen molar-refractivity contribution in [3.63, 3.8) is 0 Å². The number of rotatable bonds is 8. The van der Waals surface area contributed by atoms with Crippen LogP contribution in [0.2, 0.25) is 0 Å². The van der Waals surface area contributed by atoms with Gasteiger partial charge in [-0.25, -0.2) is 4.79 Å². The van der Waals surface area contributed by atoms with Crippen molar-refractivity contribution in [1.82, 2.24) is 30.3 Å². The Hall–Kier alpha value is -5.20. The van der Waals surface area contributed by atoms with Gasteiger partial charge in [-0.3, -0.25) is 19.3 Å². The van der Waals surface area contributed by atoms with Crippen molar-refractivity contribution in [2.45, 2.75) is 77.9 Å². The molecule has 2 N–H and O–H groups in total. The normalized spacial score (nSPS) is 14.6. The van der Waals surface area contributed by atoms with E-state index in [9.17, 15) is 27.6 Å². The van der Waals surface area contributed by atoms with Gasteiger partial charge in [0.2, 0.25) is 5.91 Å². The minimum absolute atomic E-state index is 0.0368. The maximum atomic E-state index is 13.6. The first-order valence-corrected chi connectivity index (χ1v) is 16.4. The predicted octanol–water partition coefficient (Wildman–Crippen LogP) is 7.33. The zero-order valence-corrected chi connectivity index (χ0v) is 28.7. The Bertz CT molecular complexity index is 1840. The molecule has 3 heterocycles. The zero-order chi connectivity index (χ0) is 36.2. The largest absolute Gasteiger partial charge is 0.444 e. The second-order valence-corrected chi connectivity index (χ2v) is 13.5. The van der Waals surface area contributed by atoms with Gasteiger partial charge < -0.3 is 20.3 Å². The highest BCUT2D eigenvalue weighted by Crippen LogP contribution is 2.35. The maximum Gasteiger partial charge on any atom is 0.416 e. The van der Waals surface area contributed by atoms with Crippen molar-refractivity contribution in [1.29, 1.82) is 0 Å². The summed E-state index contributed by atoms with van der Waals surface area (Å²) < 4.78 is 48.1. The first kappa shape index (κ1) is 36.1. The van der Waals surface area contributed by atoms with Crippen LogP contribution >= 0.6 is 0 Å². The third-order valence-electron chi connectivity index (χ3n) is 8.55. The van der Waals surface area contributed by atoms with Gasteiger partial charge in [0.15, 0.2) is 0 Å². The number of halogens is 3. The van der Waals surface area contributed by atoms with E-state index in [2.05, 4.69) is 20.7 Å². The van der Waals surface area contributed by atoms with Crippen molar-refractivity contribution in [3.8, 4) is 22.3 Å². The number of amides is 3. The van der Waals surface area contributed by atoms with Gasteiger partial charge >= 0.3 is 12.3 Å². The van der Waals surface area contributed by atoms with E-state index in [1.54, 1.807) is 70.4 Å². The van der Waals surface area contributed by atoms with Crippen LogP contribution in [0.4, 0.5) is 18.0 Å². The predicted molar refractivity (Wildman–Crippen MR) is 182 cm³/mol. The van der Waals surface area contributed by atoms with Crippen LogP contribution in [0.15, 0.2) is 73.3 Å². The summed E-state index contributed by atoms with van der Waals surface area (Å²) in [7, 11) is 0. The molecule has 0 bridgehead atoms. The summed E-state index contributed by atoms with van der Waals surface area (Å²) in [6, 6.07) is 11.8. The molecule has 4 aromatic rings. The van der Waals surface area contributed by atoms with E-state index in [0.29, 0.717) is 35.3 Å². The van der Waals surface area contributed by atoms with E-state index in [1.807, 2.05) is 22.7 Å². The number of nitrogens with one attached hydrogen (secondary N) is 2. The monoisotopic (exact) mass is 690 g/mol. The molecule has 2 aromatic carbocycles. The molecular formula is C37H41F3N6O4. The Kier molecular flexibility index (Phi) is 10.6. The van der Waals surface area contributed by atoms with Gasteiger partial charge in [-0.15, -0.1) is 0 Å². The molecule has 1 atom stereocenters. The van der Waals surface area contributed by atoms with Crippen LogP contribution in [-0.2, 0) is 22.3 Å². The molecule has 1 saturated heterocycles. The van der Waals surface area contributed by atoms with E-state index in [0.717, 1.165) is 41.7 Å². The van der Waals surface area contributed by atoms with Crippen LogP contribution in [0.3, 0.4) is 0 Å². The Balaban J connectivity index is 1.26. The van der Waals surface area contributed by atoms with Crippen molar-refractivity contribution in [3.05, 3.63) is 95.6 Å². The third-order valence-corrected chi connectivity index (χ3v) is 8.55. The third kappa shape index (κ3) is 9.07. The number of hydrogen-bond acceptors (Lipinski definition) is 6. The smallest absolute Gasteiger partial charge is 0.416 e. The lowest BCUT2D eigenvalue weighted by Gasteiger charge is -2.31. The summed E-state index contributed by atoms with van der Waals surface area (Å²) in [6.45, 7) is 9.88. The maximum absolute atomic E-state index is 13.6. The van der Waals surface area contributed by atoms with Crippen LogP contribution in [-0.4, -0.2) is 56.3 Å². The molecule has 1 fully saturated rings. The summed E-state index contributed by atoms with van der Waals surface area (Å²) in [5, 5.41) is 10.1. The number of ether oxygens (including phenoxy) is 1. The number of hydrogen-bond donors (Lipinski definition) is 2. The van der Waals surface area contributed by atoms with E-state index < -0.39 is 29.5 Å². The average Bonchev–Trinajstić information content (AvgIpc) is 3.57. The molecule has 0 saturated carbocycles. The number of carbonyl (C=O) groups excluding carboxylic acids is 3. The van der Waals surface area contributed by atoms with Crippen molar-refractivity contribution in [2.24, 2.45) is 0 Å². The van der Waals surface area contributed by atoms with Crippen molar-refractivity contribution < 1.29 is 32.3 Å². The number of nitrogens with zero attached hydrogens (tertiary/aromatic N) is 4. The molecule has 0 unspecified atom stereocenters. The van der Waals surface area contributed by atoms with E-state index in [4.69, 9.17) is 4.74 Å². The highest BCUT2D eigenvalue weighted by atomic mass is 19.4. The van der Waals surface area contributed by atoms with Gasteiger partial charge in [-0.1, -0.05) is 30.3 Å². The summed E-state index contributed by atoms with van der Waals surface area (Å²) in [5.74, 6) is -0.263. The molecule has 0 spiro atoms. The zero-order valence-electron chi connectivity index (χ0n) is 28.7. The summed E-state index contributed by atoms with van der Waals surface area (Å²) in [5.41, 5.74) is 2.43. The van der Waals surface area contributed by atoms with E-state index in [-0.39, 0.29) is 24.4 Å². The van der Waals surface area contributed by atoms with Gasteiger partial charge in [0.1, 0.15) is 5.60 Å². The standard InChI is InChI=1S/C37H41F3N6O4/c1-23(44-34(48)29-16-28(18-41-19-29)30-21-43-46(22-30)32-12-14-45(15-13-32)24(2)47)25-6-8-26(9-7-25)33-17-31(37(38,39)40)11-10-27(33)20-42-35(49)50-36(3,4)5/h6-11,16-19,21-23,32H,12-15,20H2,1-5H3,(H,42,49)(H,44,48)/t23-/m1/s1. The summed E-state index contributed by atoms with van der Waals surface area (Å²) >= 11 is 0. The molecule has 10 nitrogen and oxygen atoms in total. The quantitative estimate of drug-likeness (QED) is 0.200. The van der Waals surface area contributed by atoms with Gasteiger partial charge in [0.05, 0.1) is 29.4 Å². The molecule has 0 radical (unpaired) electrons. The Labute approximate surface area is 289 Å². The van der Waals surface area contributed by atoms with Gasteiger partial charge in [0, 0.05) is 56.3 Å².